The Balaban J connectivity index is 1.49. The summed E-state index contributed by atoms with van der Waals surface area (Å²) in [7, 11) is 0. The van der Waals surface area contributed by atoms with Crippen LogP contribution in [0.15, 0.2) is 18.3 Å². The van der Waals surface area contributed by atoms with Gasteiger partial charge in [-0.2, -0.15) is 0 Å². The number of nitrogens with one attached hydrogen (secondary N) is 1. The molecular formula is C18H29N3. The van der Waals surface area contributed by atoms with Gasteiger partial charge in [0.2, 0.25) is 0 Å². The molecule has 116 valence electrons. The van der Waals surface area contributed by atoms with E-state index in [0.29, 0.717) is 0 Å². The van der Waals surface area contributed by atoms with Crippen LogP contribution in [0.5, 0.6) is 0 Å². The highest BCUT2D eigenvalue weighted by atomic mass is 15.2. The van der Waals surface area contributed by atoms with Gasteiger partial charge in [0.1, 0.15) is 5.82 Å². The van der Waals surface area contributed by atoms with Gasteiger partial charge in [0, 0.05) is 19.6 Å². The smallest absolute Gasteiger partial charge is 0.128 e. The molecule has 0 radical (unpaired) electrons. The molecule has 1 aliphatic carbocycles. The summed E-state index contributed by atoms with van der Waals surface area (Å²) in [6.45, 7) is 3.45. The van der Waals surface area contributed by atoms with E-state index in [1.165, 1.54) is 76.6 Å². The molecule has 0 unspecified atom stereocenters. The Morgan fingerprint density at radius 3 is 2.33 bits per heavy atom. The summed E-state index contributed by atoms with van der Waals surface area (Å²) in [6, 6.07) is 4.38. The van der Waals surface area contributed by atoms with Gasteiger partial charge in [-0.3, -0.25) is 0 Å². The molecule has 1 saturated heterocycles. The topological polar surface area (TPSA) is 28.2 Å². The lowest BCUT2D eigenvalue weighted by Crippen LogP contribution is -2.30. The fourth-order valence-corrected chi connectivity index (χ4v) is 3.63. The van der Waals surface area contributed by atoms with Gasteiger partial charge in [0.05, 0.1) is 11.9 Å². The van der Waals surface area contributed by atoms with Gasteiger partial charge >= 0.3 is 0 Å². The highest BCUT2D eigenvalue weighted by Gasteiger charge is 2.13. The van der Waals surface area contributed by atoms with Crippen molar-refractivity contribution in [2.24, 2.45) is 5.92 Å². The summed E-state index contributed by atoms with van der Waals surface area (Å²) in [6.07, 6.45) is 14.5. The van der Waals surface area contributed by atoms with Crippen molar-refractivity contribution in [2.75, 3.05) is 29.9 Å². The Morgan fingerprint density at radius 2 is 1.67 bits per heavy atom. The zero-order valence-electron chi connectivity index (χ0n) is 13.2. The quantitative estimate of drug-likeness (QED) is 0.829. The molecule has 0 aromatic carbocycles. The summed E-state index contributed by atoms with van der Waals surface area (Å²) in [4.78, 5) is 7.06. The third kappa shape index (κ3) is 4.36. The standard InChI is InChI=1S/C18H29N3/c1-2-5-9-16(8-4-1)14-19-17-10-11-18(20-15-17)21-12-6-3-7-13-21/h10-11,15-16,19H,1-9,12-14H2. The number of pyridine rings is 1. The van der Waals surface area contributed by atoms with Crippen LogP contribution >= 0.6 is 0 Å². The number of piperidine rings is 1. The average Bonchev–Trinajstić information content (AvgIpc) is 2.83. The first kappa shape index (κ1) is 14.7. The fraction of sp³-hybridized carbons (Fsp3) is 0.722. The molecule has 3 nitrogen and oxygen atoms in total. The van der Waals surface area contributed by atoms with Crippen LogP contribution in [0, 0.1) is 5.92 Å². The lowest BCUT2D eigenvalue weighted by Gasteiger charge is -2.27. The van der Waals surface area contributed by atoms with E-state index in [0.717, 1.165) is 18.3 Å². The van der Waals surface area contributed by atoms with Crippen LogP contribution in [0.3, 0.4) is 0 Å². The van der Waals surface area contributed by atoms with Crippen molar-refractivity contribution in [3.8, 4) is 0 Å². The maximum Gasteiger partial charge on any atom is 0.128 e. The van der Waals surface area contributed by atoms with E-state index < -0.39 is 0 Å². The summed E-state index contributed by atoms with van der Waals surface area (Å²) < 4.78 is 0. The Morgan fingerprint density at radius 1 is 0.952 bits per heavy atom. The summed E-state index contributed by atoms with van der Waals surface area (Å²) in [5.74, 6) is 2.00. The van der Waals surface area contributed by atoms with Crippen molar-refractivity contribution in [3.05, 3.63) is 18.3 Å². The normalized spacial score (nSPS) is 21.0. The van der Waals surface area contributed by atoms with E-state index in [4.69, 9.17) is 0 Å². The van der Waals surface area contributed by atoms with Crippen LogP contribution < -0.4 is 10.2 Å². The van der Waals surface area contributed by atoms with Gasteiger partial charge in [-0.05, 0) is 50.2 Å². The number of hydrogen-bond acceptors (Lipinski definition) is 3. The molecular weight excluding hydrogens is 258 g/mol. The maximum atomic E-state index is 4.65. The number of rotatable bonds is 4. The summed E-state index contributed by atoms with van der Waals surface area (Å²) in [5.41, 5.74) is 1.18. The molecule has 1 aromatic rings. The van der Waals surface area contributed by atoms with Crippen molar-refractivity contribution in [1.82, 2.24) is 4.98 Å². The van der Waals surface area contributed by atoms with Crippen molar-refractivity contribution in [1.29, 1.82) is 0 Å². The van der Waals surface area contributed by atoms with Gasteiger partial charge in [-0.1, -0.05) is 25.7 Å². The Kier molecular flexibility index (Phi) is 5.36. The highest BCUT2D eigenvalue weighted by molar-refractivity contribution is 5.48. The minimum Gasteiger partial charge on any atom is -0.384 e. The zero-order chi connectivity index (χ0) is 14.3. The molecule has 1 saturated carbocycles. The van der Waals surface area contributed by atoms with Crippen LogP contribution in [0.4, 0.5) is 11.5 Å². The second-order valence-corrected chi connectivity index (χ2v) is 6.69. The molecule has 1 aliphatic heterocycles. The molecule has 2 heterocycles. The average molecular weight is 287 g/mol. The third-order valence-corrected chi connectivity index (χ3v) is 5.00. The molecule has 3 heteroatoms. The van der Waals surface area contributed by atoms with Gasteiger partial charge in [-0.25, -0.2) is 4.98 Å². The molecule has 0 atom stereocenters. The molecule has 2 fully saturated rings. The van der Waals surface area contributed by atoms with Crippen LogP contribution in [0.2, 0.25) is 0 Å². The van der Waals surface area contributed by atoms with E-state index in [-0.39, 0.29) is 0 Å². The minimum atomic E-state index is 0.856. The molecule has 0 amide bonds. The van der Waals surface area contributed by atoms with Gasteiger partial charge < -0.3 is 10.2 Å². The Bertz CT molecular complexity index is 401. The van der Waals surface area contributed by atoms with Gasteiger partial charge in [0.15, 0.2) is 0 Å². The lowest BCUT2D eigenvalue weighted by molar-refractivity contribution is 0.483. The van der Waals surface area contributed by atoms with E-state index in [1.807, 2.05) is 6.20 Å². The second-order valence-electron chi connectivity index (χ2n) is 6.69. The number of aromatic nitrogens is 1. The largest absolute Gasteiger partial charge is 0.384 e. The van der Waals surface area contributed by atoms with Crippen molar-refractivity contribution in [2.45, 2.75) is 57.8 Å². The zero-order valence-corrected chi connectivity index (χ0v) is 13.2. The monoisotopic (exact) mass is 287 g/mol. The number of anilines is 2. The van der Waals surface area contributed by atoms with E-state index in [2.05, 4.69) is 27.3 Å². The maximum absolute atomic E-state index is 4.65. The van der Waals surface area contributed by atoms with E-state index in [9.17, 15) is 0 Å². The van der Waals surface area contributed by atoms with Crippen LogP contribution in [-0.4, -0.2) is 24.6 Å². The molecule has 0 spiro atoms. The van der Waals surface area contributed by atoms with E-state index in [1.54, 1.807) is 0 Å². The van der Waals surface area contributed by atoms with Gasteiger partial charge in [0.25, 0.3) is 0 Å². The Labute approximate surface area is 129 Å². The Hall–Kier alpha value is -1.25. The summed E-state index contributed by atoms with van der Waals surface area (Å²) in [5, 5.41) is 3.59. The van der Waals surface area contributed by atoms with E-state index >= 15 is 0 Å². The molecule has 21 heavy (non-hydrogen) atoms. The first-order valence-electron chi connectivity index (χ1n) is 8.87. The first-order valence-corrected chi connectivity index (χ1v) is 8.87. The highest BCUT2D eigenvalue weighted by Crippen LogP contribution is 2.24. The van der Waals surface area contributed by atoms with Crippen molar-refractivity contribution in [3.63, 3.8) is 0 Å². The summed E-state index contributed by atoms with van der Waals surface area (Å²) >= 11 is 0. The molecule has 0 bridgehead atoms. The van der Waals surface area contributed by atoms with Crippen LogP contribution in [0.25, 0.3) is 0 Å². The lowest BCUT2D eigenvalue weighted by atomic mass is 10.0. The molecule has 1 aromatic heterocycles. The molecule has 1 N–H and O–H groups in total. The SMILES string of the molecule is c1cc(N2CCCCC2)ncc1NCC1CCCCCC1. The van der Waals surface area contributed by atoms with Crippen LogP contribution in [0.1, 0.15) is 57.8 Å². The predicted molar refractivity (Wildman–Crippen MR) is 90.0 cm³/mol. The third-order valence-electron chi connectivity index (χ3n) is 5.00. The first-order chi connectivity index (χ1) is 10.4. The molecule has 3 rings (SSSR count). The number of hydrogen-bond donors (Lipinski definition) is 1. The molecule has 2 aliphatic rings. The second kappa shape index (κ2) is 7.67. The fourth-order valence-electron chi connectivity index (χ4n) is 3.63. The van der Waals surface area contributed by atoms with Crippen LogP contribution in [-0.2, 0) is 0 Å². The van der Waals surface area contributed by atoms with Crippen molar-refractivity contribution < 1.29 is 0 Å². The van der Waals surface area contributed by atoms with Gasteiger partial charge in [-0.15, -0.1) is 0 Å². The number of nitrogens with zero attached hydrogens (tertiary/aromatic N) is 2. The predicted octanol–water partition coefficient (Wildman–Crippen LogP) is 4.45. The minimum absolute atomic E-state index is 0.856. The van der Waals surface area contributed by atoms with Crippen molar-refractivity contribution >= 4 is 11.5 Å².